The Labute approximate surface area is 119 Å². The molecular formula is C14H12BrNOS. The molecule has 2 heterocycles. The van der Waals surface area contributed by atoms with Gasteiger partial charge in [0.15, 0.2) is 0 Å². The van der Waals surface area contributed by atoms with Crippen molar-refractivity contribution in [3.8, 4) is 5.75 Å². The molecule has 0 bridgehead atoms. The minimum absolute atomic E-state index is 0.477. The van der Waals surface area contributed by atoms with E-state index in [1.807, 2.05) is 17.8 Å². The molecule has 2 nitrogen and oxygen atoms in total. The molecule has 1 aromatic carbocycles. The third-order valence-corrected chi connectivity index (χ3v) is 4.62. The van der Waals surface area contributed by atoms with Gasteiger partial charge in [0.1, 0.15) is 5.75 Å². The van der Waals surface area contributed by atoms with Crippen LogP contribution in [0.25, 0.3) is 0 Å². The molecule has 0 saturated heterocycles. The van der Waals surface area contributed by atoms with E-state index in [2.05, 4.69) is 45.2 Å². The molecule has 3 rings (SSSR count). The Hall–Kier alpha value is -1.00. The van der Waals surface area contributed by atoms with E-state index in [0.717, 1.165) is 16.0 Å². The number of thioether (sulfide) groups is 1. The zero-order valence-electron chi connectivity index (χ0n) is 9.67. The van der Waals surface area contributed by atoms with Crippen molar-refractivity contribution in [2.75, 3.05) is 12.4 Å². The Bertz CT molecular complexity index is 561. The van der Waals surface area contributed by atoms with E-state index < -0.39 is 0 Å². The van der Waals surface area contributed by atoms with Crippen molar-refractivity contribution in [1.29, 1.82) is 0 Å². The summed E-state index contributed by atoms with van der Waals surface area (Å²) in [5.74, 6) is 2.39. The summed E-state index contributed by atoms with van der Waals surface area (Å²) in [5.41, 5.74) is 1.41. The Morgan fingerprint density at radius 3 is 3.11 bits per heavy atom. The van der Waals surface area contributed by atoms with Crippen molar-refractivity contribution in [2.24, 2.45) is 0 Å². The third kappa shape index (κ3) is 2.54. The highest BCUT2D eigenvalue weighted by molar-refractivity contribution is 9.10. The molecule has 0 spiro atoms. The molecule has 1 aliphatic heterocycles. The summed E-state index contributed by atoms with van der Waals surface area (Å²) in [6.45, 7) is 0.710. The van der Waals surface area contributed by atoms with Crippen molar-refractivity contribution in [2.45, 2.75) is 10.8 Å². The van der Waals surface area contributed by atoms with Gasteiger partial charge in [-0.25, -0.2) is 0 Å². The molecule has 1 aromatic heterocycles. The second-order valence-electron chi connectivity index (χ2n) is 4.20. The molecule has 0 fully saturated rings. The largest absolute Gasteiger partial charge is 0.491 e. The van der Waals surface area contributed by atoms with Crippen LogP contribution < -0.4 is 4.74 Å². The summed E-state index contributed by atoms with van der Waals surface area (Å²) >= 11 is 5.30. The van der Waals surface area contributed by atoms with Crippen LogP contribution in [0.1, 0.15) is 11.5 Å². The number of hydrogen-bond acceptors (Lipinski definition) is 3. The smallest absolute Gasteiger partial charge is 0.138 e. The van der Waals surface area contributed by atoms with E-state index in [1.54, 1.807) is 12.4 Å². The predicted octanol–water partition coefficient (Wildman–Crippen LogP) is 4.11. The van der Waals surface area contributed by atoms with Crippen LogP contribution in [0, 0.1) is 0 Å². The summed E-state index contributed by atoms with van der Waals surface area (Å²) in [5, 5.41) is 0. The number of benzene rings is 1. The number of fused-ring (bicyclic) bond motifs is 1. The van der Waals surface area contributed by atoms with E-state index in [0.29, 0.717) is 12.5 Å². The minimum Gasteiger partial charge on any atom is -0.491 e. The maximum absolute atomic E-state index is 5.82. The van der Waals surface area contributed by atoms with Crippen molar-refractivity contribution in [3.05, 3.63) is 52.8 Å². The molecule has 1 aliphatic rings. The zero-order valence-corrected chi connectivity index (χ0v) is 12.1. The lowest BCUT2D eigenvalue weighted by molar-refractivity contribution is 0.296. The summed E-state index contributed by atoms with van der Waals surface area (Å²) in [7, 11) is 0. The van der Waals surface area contributed by atoms with Gasteiger partial charge in [-0.3, -0.25) is 4.98 Å². The fourth-order valence-corrected chi connectivity index (χ4v) is 3.61. The van der Waals surface area contributed by atoms with Gasteiger partial charge in [-0.15, -0.1) is 11.8 Å². The molecule has 0 amide bonds. The lowest BCUT2D eigenvalue weighted by Crippen LogP contribution is -2.09. The fourth-order valence-electron chi connectivity index (χ4n) is 2.04. The summed E-state index contributed by atoms with van der Waals surface area (Å²) in [6.07, 6.45) is 3.51. The second-order valence-corrected chi connectivity index (χ2v) is 6.17. The van der Waals surface area contributed by atoms with Gasteiger partial charge < -0.3 is 4.74 Å². The zero-order chi connectivity index (χ0) is 12.4. The average molecular weight is 322 g/mol. The van der Waals surface area contributed by atoms with Crippen LogP contribution >= 0.6 is 27.7 Å². The van der Waals surface area contributed by atoms with E-state index in [-0.39, 0.29) is 0 Å². The first-order valence-electron chi connectivity index (χ1n) is 5.78. The maximum atomic E-state index is 5.82. The molecule has 1 atom stereocenters. The molecule has 0 radical (unpaired) electrons. The van der Waals surface area contributed by atoms with Gasteiger partial charge >= 0.3 is 0 Å². The number of halogens is 1. The third-order valence-electron chi connectivity index (χ3n) is 2.93. The van der Waals surface area contributed by atoms with Crippen LogP contribution in [0.4, 0.5) is 0 Å². The summed E-state index contributed by atoms with van der Waals surface area (Å²) in [6, 6.07) is 10.5. The van der Waals surface area contributed by atoms with Gasteiger partial charge in [-0.05, 0) is 33.6 Å². The van der Waals surface area contributed by atoms with Crippen LogP contribution in [0.2, 0.25) is 0 Å². The number of nitrogens with zero attached hydrogens (tertiary/aromatic N) is 1. The number of pyridine rings is 1. The standard InChI is InChI=1S/C14H12BrNOS/c15-11-5-12(7-16-6-11)17-8-10-9-18-14-4-2-1-3-13(10)14/h1-7,10H,8-9H2. The lowest BCUT2D eigenvalue weighted by atomic mass is 10.0. The minimum atomic E-state index is 0.477. The fraction of sp³-hybridized carbons (Fsp3) is 0.214. The number of aromatic nitrogens is 1. The summed E-state index contributed by atoms with van der Waals surface area (Å²) < 4.78 is 6.77. The monoisotopic (exact) mass is 321 g/mol. The predicted molar refractivity (Wildman–Crippen MR) is 77.3 cm³/mol. The number of hydrogen-bond donors (Lipinski definition) is 0. The highest BCUT2D eigenvalue weighted by Crippen LogP contribution is 2.39. The van der Waals surface area contributed by atoms with Gasteiger partial charge in [0.25, 0.3) is 0 Å². The van der Waals surface area contributed by atoms with Gasteiger partial charge in [-0.1, -0.05) is 18.2 Å². The molecule has 1 unspecified atom stereocenters. The average Bonchev–Trinajstić information content (AvgIpc) is 2.80. The number of rotatable bonds is 3. The number of ether oxygens (including phenoxy) is 1. The Balaban J connectivity index is 1.69. The molecule has 0 aliphatic carbocycles. The molecule has 2 aromatic rings. The first kappa shape index (κ1) is 12.1. The van der Waals surface area contributed by atoms with Crippen LogP contribution in [0.3, 0.4) is 0 Å². The van der Waals surface area contributed by atoms with Crippen molar-refractivity contribution < 1.29 is 4.74 Å². The van der Waals surface area contributed by atoms with E-state index in [1.165, 1.54) is 10.5 Å². The Morgan fingerprint density at radius 1 is 1.33 bits per heavy atom. The van der Waals surface area contributed by atoms with Gasteiger partial charge in [0, 0.05) is 27.2 Å². The maximum Gasteiger partial charge on any atom is 0.138 e. The van der Waals surface area contributed by atoms with E-state index in [9.17, 15) is 0 Å². The molecule has 0 saturated carbocycles. The van der Waals surface area contributed by atoms with E-state index >= 15 is 0 Å². The summed E-state index contributed by atoms with van der Waals surface area (Å²) in [4.78, 5) is 5.48. The highest BCUT2D eigenvalue weighted by Gasteiger charge is 2.23. The highest BCUT2D eigenvalue weighted by atomic mass is 79.9. The lowest BCUT2D eigenvalue weighted by Gasteiger charge is -2.12. The Kier molecular flexibility index (Phi) is 3.57. The topological polar surface area (TPSA) is 22.1 Å². The molecule has 92 valence electrons. The van der Waals surface area contributed by atoms with Crippen molar-refractivity contribution >= 4 is 27.7 Å². The van der Waals surface area contributed by atoms with Gasteiger partial charge in [0.05, 0.1) is 12.8 Å². The first-order valence-corrected chi connectivity index (χ1v) is 7.56. The van der Waals surface area contributed by atoms with Crippen LogP contribution in [-0.2, 0) is 0 Å². The van der Waals surface area contributed by atoms with Crippen molar-refractivity contribution in [3.63, 3.8) is 0 Å². The second kappa shape index (κ2) is 5.33. The first-order chi connectivity index (χ1) is 8.83. The van der Waals surface area contributed by atoms with Crippen LogP contribution in [0.15, 0.2) is 52.1 Å². The van der Waals surface area contributed by atoms with Crippen LogP contribution in [-0.4, -0.2) is 17.3 Å². The molecule has 18 heavy (non-hydrogen) atoms. The van der Waals surface area contributed by atoms with E-state index in [4.69, 9.17) is 4.74 Å². The van der Waals surface area contributed by atoms with Gasteiger partial charge in [-0.2, -0.15) is 0 Å². The van der Waals surface area contributed by atoms with Crippen molar-refractivity contribution in [1.82, 2.24) is 4.98 Å². The SMILES string of the molecule is Brc1cncc(OCC2CSc3ccccc32)c1. The van der Waals surface area contributed by atoms with Gasteiger partial charge in [0.2, 0.25) is 0 Å². The Morgan fingerprint density at radius 2 is 2.22 bits per heavy atom. The molecule has 0 N–H and O–H groups in total. The molecular weight excluding hydrogens is 310 g/mol. The molecule has 4 heteroatoms. The quantitative estimate of drug-likeness (QED) is 0.849. The normalized spacial score (nSPS) is 17.5. The van der Waals surface area contributed by atoms with Crippen LogP contribution in [0.5, 0.6) is 5.75 Å².